The first-order valence-corrected chi connectivity index (χ1v) is 11.3. The van der Waals surface area contributed by atoms with Gasteiger partial charge in [-0.2, -0.15) is 0 Å². The first kappa shape index (κ1) is 22.9. The predicted octanol–water partition coefficient (Wildman–Crippen LogP) is 5.26. The molecule has 0 bridgehead atoms. The molecule has 1 N–H and O–H groups in total. The number of aryl methyl sites for hydroxylation is 2. The van der Waals surface area contributed by atoms with Crippen LogP contribution in [0, 0.1) is 0 Å². The number of carbonyl (C=O) groups is 1. The number of benzene rings is 2. The molecule has 1 heterocycles. The second kappa shape index (κ2) is 10.5. The SMILES string of the molecule is CCC(=O)NCCCc1nc2ccccc2n1CCCOc1ccc(C(C)(C)C)cc1. The Bertz CT molecular complexity index is 984. The minimum Gasteiger partial charge on any atom is -0.494 e. The monoisotopic (exact) mass is 421 g/mol. The lowest BCUT2D eigenvalue weighted by atomic mass is 9.87. The third-order valence-corrected chi connectivity index (χ3v) is 5.47. The molecule has 0 aliphatic carbocycles. The van der Waals surface area contributed by atoms with E-state index in [1.165, 1.54) is 5.56 Å². The Morgan fingerprint density at radius 1 is 1.06 bits per heavy atom. The molecule has 1 aromatic heterocycles. The van der Waals surface area contributed by atoms with Gasteiger partial charge in [0.25, 0.3) is 0 Å². The van der Waals surface area contributed by atoms with Gasteiger partial charge in [0.2, 0.25) is 5.91 Å². The summed E-state index contributed by atoms with van der Waals surface area (Å²) in [6, 6.07) is 16.7. The topological polar surface area (TPSA) is 56.2 Å². The Hall–Kier alpha value is -2.82. The fourth-order valence-electron chi connectivity index (χ4n) is 3.63. The van der Waals surface area contributed by atoms with E-state index in [9.17, 15) is 4.79 Å². The van der Waals surface area contributed by atoms with Crippen LogP contribution < -0.4 is 10.1 Å². The van der Waals surface area contributed by atoms with Gasteiger partial charge in [0, 0.05) is 25.9 Å². The summed E-state index contributed by atoms with van der Waals surface area (Å²) in [5.41, 5.74) is 3.64. The molecule has 0 fully saturated rings. The molecule has 1 amide bonds. The van der Waals surface area contributed by atoms with Gasteiger partial charge in [0.05, 0.1) is 17.6 Å². The smallest absolute Gasteiger partial charge is 0.219 e. The molecule has 0 saturated carbocycles. The number of nitrogens with one attached hydrogen (secondary N) is 1. The first-order valence-electron chi connectivity index (χ1n) is 11.3. The third-order valence-electron chi connectivity index (χ3n) is 5.47. The predicted molar refractivity (Wildman–Crippen MR) is 127 cm³/mol. The summed E-state index contributed by atoms with van der Waals surface area (Å²) in [4.78, 5) is 16.3. The molecule has 3 aromatic rings. The van der Waals surface area contributed by atoms with Crippen molar-refractivity contribution < 1.29 is 9.53 Å². The molecule has 31 heavy (non-hydrogen) atoms. The van der Waals surface area contributed by atoms with Crippen LogP contribution in [0.25, 0.3) is 11.0 Å². The number of aromatic nitrogens is 2. The summed E-state index contributed by atoms with van der Waals surface area (Å²) in [7, 11) is 0. The van der Waals surface area contributed by atoms with Crippen LogP contribution in [0.3, 0.4) is 0 Å². The number of amides is 1. The van der Waals surface area contributed by atoms with Gasteiger partial charge in [-0.3, -0.25) is 4.79 Å². The van der Waals surface area contributed by atoms with Gasteiger partial charge in [0.15, 0.2) is 0 Å². The normalized spacial score (nSPS) is 11.6. The number of hydrogen-bond donors (Lipinski definition) is 1. The van der Waals surface area contributed by atoms with Gasteiger partial charge in [-0.15, -0.1) is 0 Å². The summed E-state index contributed by atoms with van der Waals surface area (Å²) in [5.74, 6) is 2.08. The molecule has 3 rings (SSSR count). The van der Waals surface area contributed by atoms with Gasteiger partial charge < -0.3 is 14.6 Å². The van der Waals surface area contributed by atoms with Crippen LogP contribution in [0.15, 0.2) is 48.5 Å². The van der Waals surface area contributed by atoms with Crippen LogP contribution in [0.2, 0.25) is 0 Å². The highest BCUT2D eigenvalue weighted by Crippen LogP contribution is 2.24. The van der Waals surface area contributed by atoms with Crippen molar-refractivity contribution in [3.05, 3.63) is 59.9 Å². The average Bonchev–Trinajstić information content (AvgIpc) is 3.11. The number of imidazole rings is 1. The Kier molecular flexibility index (Phi) is 7.72. The number of nitrogens with zero attached hydrogens (tertiary/aromatic N) is 2. The van der Waals surface area contributed by atoms with E-state index < -0.39 is 0 Å². The molecule has 166 valence electrons. The molecule has 2 aromatic carbocycles. The van der Waals surface area contributed by atoms with Crippen LogP contribution in [-0.2, 0) is 23.2 Å². The van der Waals surface area contributed by atoms with E-state index in [0.29, 0.717) is 19.6 Å². The summed E-state index contributed by atoms with van der Waals surface area (Å²) in [5, 5.41) is 2.94. The Balaban J connectivity index is 1.57. The summed E-state index contributed by atoms with van der Waals surface area (Å²) < 4.78 is 8.27. The summed E-state index contributed by atoms with van der Waals surface area (Å²) in [6.45, 7) is 10.7. The highest BCUT2D eigenvalue weighted by molar-refractivity contribution is 5.76. The number of ether oxygens (including phenoxy) is 1. The van der Waals surface area contributed by atoms with Crippen molar-refractivity contribution >= 4 is 16.9 Å². The Morgan fingerprint density at radius 3 is 2.52 bits per heavy atom. The van der Waals surface area contributed by atoms with Crippen molar-refractivity contribution in [2.45, 2.75) is 65.3 Å². The van der Waals surface area contributed by atoms with E-state index in [2.05, 4.69) is 73.1 Å². The maximum Gasteiger partial charge on any atom is 0.219 e. The van der Waals surface area contributed by atoms with Gasteiger partial charge >= 0.3 is 0 Å². The minimum atomic E-state index is 0.0983. The van der Waals surface area contributed by atoms with Crippen LogP contribution in [-0.4, -0.2) is 28.6 Å². The number of fused-ring (bicyclic) bond motifs is 1. The zero-order valence-corrected chi connectivity index (χ0v) is 19.3. The fourth-order valence-corrected chi connectivity index (χ4v) is 3.63. The highest BCUT2D eigenvalue weighted by Gasteiger charge is 2.13. The Morgan fingerprint density at radius 2 is 1.81 bits per heavy atom. The molecular weight excluding hydrogens is 386 g/mol. The minimum absolute atomic E-state index is 0.0983. The molecule has 0 radical (unpaired) electrons. The van der Waals surface area contributed by atoms with Gasteiger partial charge in [-0.05, 0) is 48.1 Å². The number of para-hydroxylation sites is 2. The molecule has 5 nitrogen and oxygen atoms in total. The first-order chi connectivity index (χ1) is 14.9. The average molecular weight is 422 g/mol. The molecule has 0 aliphatic rings. The quantitative estimate of drug-likeness (QED) is 0.454. The second-order valence-electron chi connectivity index (χ2n) is 8.95. The maximum atomic E-state index is 11.4. The lowest BCUT2D eigenvalue weighted by Gasteiger charge is -2.19. The van der Waals surface area contributed by atoms with Crippen LogP contribution in [0.4, 0.5) is 0 Å². The number of hydrogen-bond acceptors (Lipinski definition) is 3. The fraction of sp³-hybridized carbons (Fsp3) is 0.462. The van der Waals surface area contributed by atoms with Crippen molar-refractivity contribution in [1.82, 2.24) is 14.9 Å². The Labute approximate surface area is 185 Å². The van der Waals surface area contributed by atoms with E-state index in [-0.39, 0.29) is 11.3 Å². The van der Waals surface area contributed by atoms with Crippen molar-refractivity contribution in [1.29, 1.82) is 0 Å². The van der Waals surface area contributed by atoms with Crippen LogP contribution in [0.1, 0.15) is 58.3 Å². The van der Waals surface area contributed by atoms with Crippen molar-refractivity contribution in [2.75, 3.05) is 13.2 Å². The standard InChI is InChI=1S/C26H35N3O2/c1-5-25(30)27-17-8-12-24-28-22-10-6-7-11-23(22)29(24)18-9-19-31-21-15-13-20(14-16-21)26(2,3)4/h6-7,10-11,13-16H,5,8-9,12,17-19H2,1-4H3,(H,27,30). The zero-order chi connectivity index (χ0) is 22.3. The number of rotatable bonds is 10. The van der Waals surface area contributed by atoms with Gasteiger partial charge in [-0.25, -0.2) is 4.98 Å². The molecule has 0 spiro atoms. The molecule has 0 saturated heterocycles. The largest absolute Gasteiger partial charge is 0.494 e. The van der Waals surface area contributed by atoms with E-state index in [1.54, 1.807) is 0 Å². The van der Waals surface area contributed by atoms with E-state index in [0.717, 1.165) is 48.4 Å². The maximum absolute atomic E-state index is 11.4. The summed E-state index contributed by atoms with van der Waals surface area (Å²) in [6.07, 6.45) is 3.15. The second-order valence-corrected chi connectivity index (χ2v) is 8.95. The molecule has 5 heteroatoms. The highest BCUT2D eigenvalue weighted by atomic mass is 16.5. The van der Waals surface area contributed by atoms with E-state index >= 15 is 0 Å². The van der Waals surface area contributed by atoms with Crippen LogP contribution in [0.5, 0.6) is 5.75 Å². The van der Waals surface area contributed by atoms with Crippen molar-refractivity contribution in [3.63, 3.8) is 0 Å². The lowest BCUT2D eigenvalue weighted by molar-refractivity contribution is -0.120. The van der Waals surface area contributed by atoms with Crippen molar-refractivity contribution in [3.8, 4) is 5.75 Å². The van der Waals surface area contributed by atoms with Gasteiger partial charge in [-0.1, -0.05) is 52.0 Å². The molecule has 0 unspecified atom stereocenters. The molecule has 0 aliphatic heterocycles. The summed E-state index contributed by atoms with van der Waals surface area (Å²) >= 11 is 0. The van der Waals surface area contributed by atoms with Crippen molar-refractivity contribution in [2.24, 2.45) is 0 Å². The molecule has 0 atom stereocenters. The molecular formula is C26H35N3O2. The number of carbonyl (C=O) groups excluding carboxylic acids is 1. The van der Waals surface area contributed by atoms with E-state index in [4.69, 9.17) is 9.72 Å². The van der Waals surface area contributed by atoms with Crippen LogP contribution >= 0.6 is 0 Å². The zero-order valence-electron chi connectivity index (χ0n) is 19.3. The van der Waals surface area contributed by atoms with E-state index in [1.807, 2.05) is 13.0 Å². The third kappa shape index (κ3) is 6.33. The lowest BCUT2D eigenvalue weighted by Crippen LogP contribution is -2.23. The van der Waals surface area contributed by atoms with Gasteiger partial charge in [0.1, 0.15) is 11.6 Å².